The average molecular weight is 164 g/mol. The second-order valence-corrected chi connectivity index (χ2v) is 2.55. The summed E-state index contributed by atoms with van der Waals surface area (Å²) in [4.78, 5) is 19.3. The summed E-state index contributed by atoms with van der Waals surface area (Å²) in [5.74, 6) is 0.370. The third kappa shape index (κ3) is 0.903. The van der Waals surface area contributed by atoms with Gasteiger partial charge < -0.3 is 9.88 Å². The first kappa shape index (κ1) is 7.02. The van der Waals surface area contributed by atoms with Crippen LogP contribution in [-0.4, -0.2) is 28.2 Å². The Hall–Kier alpha value is -1.65. The fourth-order valence-corrected chi connectivity index (χ4v) is 1.13. The number of nitrogens with zero attached hydrogens (tertiary/aromatic N) is 3. The predicted octanol–water partition coefficient (Wildman–Crippen LogP) is -0.134. The second kappa shape index (κ2) is 2.44. The minimum absolute atomic E-state index is 0.123. The van der Waals surface area contributed by atoms with E-state index in [1.165, 1.54) is 0 Å². The van der Waals surface area contributed by atoms with Crippen molar-refractivity contribution in [3.05, 3.63) is 12.0 Å². The van der Waals surface area contributed by atoms with Crippen LogP contribution in [0.2, 0.25) is 0 Å². The quantitative estimate of drug-likeness (QED) is 0.580. The van der Waals surface area contributed by atoms with Gasteiger partial charge in [-0.25, -0.2) is 9.98 Å². The number of hydrogen-bond acceptors (Lipinski definition) is 3. The first-order chi connectivity index (χ1) is 5.79. The van der Waals surface area contributed by atoms with Gasteiger partial charge >= 0.3 is 0 Å². The number of fused-ring (bicyclic) bond motifs is 1. The van der Waals surface area contributed by atoms with Gasteiger partial charge in [0, 0.05) is 13.3 Å². The van der Waals surface area contributed by atoms with Crippen molar-refractivity contribution < 1.29 is 4.79 Å². The summed E-state index contributed by atoms with van der Waals surface area (Å²) in [7, 11) is 1.77. The minimum atomic E-state index is -0.123. The number of aromatic nitrogens is 2. The van der Waals surface area contributed by atoms with Crippen molar-refractivity contribution >= 4 is 17.9 Å². The number of aryl methyl sites for hydroxylation is 1. The van der Waals surface area contributed by atoms with Crippen molar-refractivity contribution in [2.75, 3.05) is 6.54 Å². The van der Waals surface area contributed by atoms with Crippen LogP contribution in [0.4, 0.5) is 5.82 Å². The van der Waals surface area contributed by atoms with Gasteiger partial charge in [-0.15, -0.1) is 0 Å². The van der Waals surface area contributed by atoms with Crippen LogP contribution in [0.3, 0.4) is 0 Å². The highest BCUT2D eigenvalue weighted by Crippen LogP contribution is 2.16. The summed E-state index contributed by atoms with van der Waals surface area (Å²) in [6, 6.07) is 0. The summed E-state index contributed by atoms with van der Waals surface area (Å²) in [5, 5.41) is 2.68. The summed E-state index contributed by atoms with van der Waals surface area (Å²) in [6.07, 6.45) is 3.21. The fraction of sp³-hybridized carbons (Fsp3) is 0.286. The molecule has 1 aromatic heterocycles. The van der Waals surface area contributed by atoms with E-state index < -0.39 is 0 Å². The van der Waals surface area contributed by atoms with Gasteiger partial charge in [0.1, 0.15) is 0 Å². The molecule has 0 saturated carbocycles. The molecule has 1 aromatic rings. The monoisotopic (exact) mass is 164 g/mol. The van der Waals surface area contributed by atoms with Gasteiger partial charge in [0.15, 0.2) is 11.5 Å². The molecule has 2 rings (SSSR count). The normalized spacial score (nSPS) is 15.2. The molecule has 62 valence electrons. The smallest absolute Gasteiger partial charge is 0.272 e. The number of hydrogen-bond donors (Lipinski definition) is 1. The fourth-order valence-electron chi connectivity index (χ4n) is 1.13. The summed E-state index contributed by atoms with van der Waals surface area (Å²) >= 11 is 0. The van der Waals surface area contributed by atoms with Crippen molar-refractivity contribution in [3.8, 4) is 0 Å². The van der Waals surface area contributed by atoms with Crippen LogP contribution in [0.25, 0.3) is 0 Å². The number of imidazole rings is 1. The maximum atomic E-state index is 11.3. The first-order valence-corrected chi connectivity index (χ1v) is 3.61. The molecule has 0 unspecified atom stereocenters. The Labute approximate surface area is 69.1 Å². The van der Waals surface area contributed by atoms with Crippen molar-refractivity contribution in [3.63, 3.8) is 0 Å². The third-order valence-corrected chi connectivity index (χ3v) is 1.70. The van der Waals surface area contributed by atoms with Crippen molar-refractivity contribution in [2.45, 2.75) is 0 Å². The average Bonchev–Trinajstić information content (AvgIpc) is 2.29. The topological polar surface area (TPSA) is 59.3 Å². The van der Waals surface area contributed by atoms with Crippen molar-refractivity contribution in [1.29, 1.82) is 0 Å². The zero-order valence-electron chi connectivity index (χ0n) is 6.61. The van der Waals surface area contributed by atoms with Crippen LogP contribution in [0.15, 0.2) is 11.3 Å². The maximum absolute atomic E-state index is 11.3. The molecule has 5 heteroatoms. The predicted molar refractivity (Wildman–Crippen MR) is 43.7 cm³/mol. The Bertz CT molecular complexity index is 352. The zero-order chi connectivity index (χ0) is 8.55. The largest absolute Gasteiger partial charge is 0.346 e. The number of rotatable bonds is 0. The maximum Gasteiger partial charge on any atom is 0.272 e. The van der Waals surface area contributed by atoms with Crippen LogP contribution in [-0.2, 0) is 7.05 Å². The molecule has 1 N–H and O–H groups in total. The molecule has 0 spiro atoms. The van der Waals surface area contributed by atoms with Gasteiger partial charge in [0.05, 0.1) is 12.9 Å². The zero-order valence-corrected chi connectivity index (χ0v) is 6.61. The van der Waals surface area contributed by atoms with Gasteiger partial charge in [-0.3, -0.25) is 4.79 Å². The Kier molecular flexibility index (Phi) is 1.43. The third-order valence-electron chi connectivity index (χ3n) is 1.70. The van der Waals surface area contributed by atoms with Gasteiger partial charge in [-0.1, -0.05) is 0 Å². The first-order valence-electron chi connectivity index (χ1n) is 3.61. The Balaban J connectivity index is 2.59. The van der Waals surface area contributed by atoms with E-state index in [4.69, 9.17) is 0 Å². The van der Waals surface area contributed by atoms with Crippen LogP contribution < -0.4 is 5.32 Å². The molecule has 2 heterocycles. The van der Waals surface area contributed by atoms with Crippen LogP contribution in [0.5, 0.6) is 0 Å². The summed E-state index contributed by atoms with van der Waals surface area (Å²) in [5.41, 5.74) is 0.517. The van der Waals surface area contributed by atoms with E-state index in [9.17, 15) is 4.79 Å². The van der Waals surface area contributed by atoms with E-state index in [0.29, 0.717) is 18.1 Å². The molecule has 1 amide bonds. The Morgan fingerprint density at radius 1 is 1.67 bits per heavy atom. The number of amides is 1. The lowest BCUT2D eigenvalue weighted by molar-refractivity contribution is 0.0953. The molecule has 1 aliphatic rings. The molecule has 0 atom stereocenters. The van der Waals surface area contributed by atoms with Gasteiger partial charge in [0.25, 0.3) is 5.91 Å². The minimum Gasteiger partial charge on any atom is -0.346 e. The van der Waals surface area contributed by atoms with Gasteiger partial charge in [0.2, 0.25) is 0 Å². The van der Waals surface area contributed by atoms with E-state index in [1.807, 2.05) is 0 Å². The van der Waals surface area contributed by atoms with Gasteiger partial charge in [-0.05, 0) is 0 Å². The van der Waals surface area contributed by atoms with E-state index in [0.717, 1.165) is 0 Å². The number of carbonyl (C=O) groups is 1. The number of nitrogens with one attached hydrogen (secondary N) is 1. The molecule has 0 fully saturated rings. The molecule has 12 heavy (non-hydrogen) atoms. The lowest BCUT2D eigenvalue weighted by Crippen LogP contribution is -2.25. The standard InChI is InChI=1S/C7H8N4O/c1-11-4-10-6-5(11)7(12)9-3-2-8-6/h2,4H,3H2,1H3,(H,9,12). The molecule has 1 aliphatic heterocycles. The summed E-state index contributed by atoms with van der Waals surface area (Å²) < 4.78 is 1.66. The van der Waals surface area contributed by atoms with E-state index >= 15 is 0 Å². The van der Waals surface area contributed by atoms with Crippen molar-refractivity contribution in [1.82, 2.24) is 14.9 Å². The molecule has 0 aliphatic carbocycles. The van der Waals surface area contributed by atoms with Crippen LogP contribution >= 0.6 is 0 Å². The lowest BCUT2D eigenvalue weighted by Gasteiger charge is -1.99. The highest BCUT2D eigenvalue weighted by Gasteiger charge is 2.17. The molecule has 0 saturated heterocycles. The van der Waals surface area contributed by atoms with E-state index in [-0.39, 0.29) is 5.91 Å². The second-order valence-electron chi connectivity index (χ2n) is 2.55. The highest BCUT2D eigenvalue weighted by atomic mass is 16.2. The van der Waals surface area contributed by atoms with Crippen molar-refractivity contribution in [2.24, 2.45) is 12.0 Å². The van der Waals surface area contributed by atoms with Crippen LogP contribution in [0.1, 0.15) is 10.5 Å². The Morgan fingerprint density at radius 3 is 3.33 bits per heavy atom. The number of carbonyl (C=O) groups excluding carboxylic acids is 1. The summed E-state index contributed by atoms with van der Waals surface area (Å²) in [6.45, 7) is 0.467. The number of aliphatic imine (C=N–C) groups is 1. The lowest BCUT2D eigenvalue weighted by atomic mass is 10.4. The molecule has 0 radical (unpaired) electrons. The Morgan fingerprint density at radius 2 is 2.50 bits per heavy atom. The SMILES string of the molecule is Cn1cnc2c1C(=O)NCC=N2. The molecule has 0 aromatic carbocycles. The van der Waals surface area contributed by atoms with E-state index in [1.54, 1.807) is 24.2 Å². The van der Waals surface area contributed by atoms with Crippen LogP contribution in [0, 0.1) is 0 Å². The highest BCUT2D eigenvalue weighted by molar-refractivity contribution is 5.99. The molecule has 0 bridgehead atoms. The molecular formula is C7H8N4O. The van der Waals surface area contributed by atoms with Gasteiger partial charge in [-0.2, -0.15) is 0 Å². The molecular weight excluding hydrogens is 156 g/mol. The van der Waals surface area contributed by atoms with E-state index in [2.05, 4.69) is 15.3 Å². The molecule has 5 nitrogen and oxygen atoms in total.